The van der Waals surface area contributed by atoms with E-state index in [0.29, 0.717) is 19.7 Å². The van der Waals surface area contributed by atoms with Crippen LogP contribution >= 0.6 is 0 Å². The van der Waals surface area contributed by atoms with Crippen molar-refractivity contribution >= 4 is 22.6 Å². The number of imidazole rings is 1. The molecule has 0 saturated heterocycles. The van der Waals surface area contributed by atoms with E-state index >= 15 is 0 Å². The second kappa shape index (κ2) is 8.02. The van der Waals surface area contributed by atoms with Crippen molar-refractivity contribution in [1.82, 2.24) is 14.5 Å². The molecule has 4 rings (SSSR count). The minimum atomic E-state index is -0.0246. The quantitative estimate of drug-likeness (QED) is 0.737. The van der Waals surface area contributed by atoms with E-state index in [0.717, 1.165) is 53.4 Å². The predicted molar refractivity (Wildman–Crippen MR) is 111 cm³/mol. The molecule has 1 amide bonds. The predicted octanol–water partition coefficient (Wildman–Crippen LogP) is 3.59. The molecule has 1 aromatic heterocycles. The molecule has 146 valence electrons. The van der Waals surface area contributed by atoms with Crippen LogP contribution in [0.25, 0.3) is 11.0 Å². The number of para-hydroxylation sites is 1. The van der Waals surface area contributed by atoms with Gasteiger partial charge in [-0.3, -0.25) is 9.69 Å². The fourth-order valence-electron chi connectivity index (χ4n) is 3.75. The third-order valence-corrected chi connectivity index (χ3v) is 5.07. The van der Waals surface area contributed by atoms with Crippen LogP contribution in [0.3, 0.4) is 0 Å². The lowest BCUT2D eigenvalue weighted by Crippen LogP contribution is -2.34. The van der Waals surface area contributed by atoms with Gasteiger partial charge in [0.1, 0.15) is 18.2 Å². The van der Waals surface area contributed by atoms with Gasteiger partial charge < -0.3 is 14.6 Å². The van der Waals surface area contributed by atoms with E-state index in [2.05, 4.69) is 32.8 Å². The summed E-state index contributed by atoms with van der Waals surface area (Å²) in [6.45, 7) is 7.49. The van der Waals surface area contributed by atoms with Gasteiger partial charge in [0.25, 0.3) is 0 Å². The van der Waals surface area contributed by atoms with Crippen molar-refractivity contribution in [1.29, 1.82) is 0 Å². The number of rotatable bonds is 5. The molecule has 3 aromatic rings. The lowest BCUT2D eigenvalue weighted by Gasteiger charge is -2.18. The van der Waals surface area contributed by atoms with Gasteiger partial charge in [-0.05, 0) is 37.6 Å². The number of anilines is 1. The zero-order valence-corrected chi connectivity index (χ0v) is 16.4. The monoisotopic (exact) mass is 378 g/mol. The van der Waals surface area contributed by atoms with Gasteiger partial charge in [0.05, 0.1) is 17.6 Å². The summed E-state index contributed by atoms with van der Waals surface area (Å²) in [5, 5.41) is 3.02. The Morgan fingerprint density at radius 2 is 2.11 bits per heavy atom. The first-order chi connectivity index (χ1) is 13.6. The smallest absolute Gasteiger partial charge is 0.238 e. The molecule has 2 aromatic carbocycles. The minimum absolute atomic E-state index is 0.0246. The standard InChI is InChI=1S/C22H26N4O2/c1-3-10-26-16(2)23-19-13-18(8-9-20(19)26)24-22(27)15-25-11-12-28-21-7-5-4-6-17(21)14-25/h4-9,13H,3,10-12,14-15H2,1-2H3,(H,24,27). The fraction of sp³-hybridized carbons (Fsp3) is 0.364. The van der Waals surface area contributed by atoms with Crippen LogP contribution in [0.2, 0.25) is 0 Å². The number of aromatic nitrogens is 2. The third-order valence-electron chi connectivity index (χ3n) is 5.07. The largest absolute Gasteiger partial charge is 0.492 e. The van der Waals surface area contributed by atoms with Crippen molar-refractivity contribution in [2.24, 2.45) is 0 Å². The summed E-state index contributed by atoms with van der Waals surface area (Å²) in [6, 6.07) is 13.9. The van der Waals surface area contributed by atoms with E-state index in [-0.39, 0.29) is 5.91 Å². The number of fused-ring (bicyclic) bond motifs is 2. The fourth-order valence-corrected chi connectivity index (χ4v) is 3.75. The summed E-state index contributed by atoms with van der Waals surface area (Å²) in [6.07, 6.45) is 1.06. The topological polar surface area (TPSA) is 59.4 Å². The Balaban J connectivity index is 1.44. The number of hydrogen-bond donors (Lipinski definition) is 1. The lowest BCUT2D eigenvalue weighted by atomic mass is 10.2. The SMILES string of the molecule is CCCn1c(C)nc2cc(NC(=O)CN3CCOc4ccccc4C3)ccc21. The molecule has 2 heterocycles. The van der Waals surface area contributed by atoms with Crippen LogP contribution in [0.15, 0.2) is 42.5 Å². The number of hydrogen-bond acceptors (Lipinski definition) is 4. The first-order valence-electron chi connectivity index (χ1n) is 9.84. The van der Waals surface area contributed by atoms with E-state index in [1.54, 1.807) is 0 Å². The summed E-state index contributed by atoms with van der Waals surface area (Å²) in [5.74, 6) is 1.89. The maximum atomic E-state index is 12.6. The van der Waals surface area contributed by atoms with Gasteiger partial charge >= 0.3 is 0 Å². The molecule has 0 unspecified atom stereocenters. The van der Waals surface area contributed by atoms with Gasteiger partial charge in [-0.2, -0.15) is 0 Å². The summed E-state index contributed by atoms with van der Waals surface area (Å²) < 4.78 is 7.99. The van der Waals surface area contributed by atoms with Crippen LogP contribution in [0.4, 0.5) is 5.69 Å². The first-order valence-corrected chi connectivity index (χ1v) is 9.84. The van der Waals surface area contributed by atoms with E-state index in [1.165, 1.54) is 0 Å². The number of nitrogens with zero attached hydrogens (tertiary/aromatic N) is 3. The molecule has 1 aliphatic heterocycles. The maximum absolute atomic E-state index is 12.6. The number of aryl methyl sites for hydroxylation is 2. The molecule has 1 aliphatic rings. The highest BCUT2D eigenvalue weighted by molar-refractivity contribution is 5.94. The second-order valence-electron chi connectivity index (χ2n) is 7.23. The van der Waals surface area contributed by atoms with Gasteiger partial charge in [-0.15, -0.1) is 0 Å². The Kier molecular flexibility index (Phi) is 5.30. The van der Waals surface area contributed by atoms with Crippen molar-refractivity contribution in [3.63, 3.8) is 0 Å². The van der Waals surface area contributed by atoms with Crippen LogP contribution in [0.5, 0.6) is 5.75 Å². The number of amides is 1. The zero-order valence-electron chi connectivity index (χ0n) is 16.4. The molecule has 0 fully saturated rings. The van der Waals surface area contributed by atoms with Crippen LogP contribution in [-0.4, -0.2) is 40.1 Å². The Hall–Kier alpha value is -2.86. The average Bonchev–Trinajstić information content (AvgIpc) is 2.85. The van der Waals surface area contributed by atoms with Gasteiger partial charge in [0.15, 0.2) is 0 Å². The lowest BCUT2D eigenvalue weighted by molar-refractivity contribution is -0.117. The van der Waals surface area contributed by atoms with Crippen molar-refractivity contribution < 1.29 is 9.53 Å². The number of benzene rings is 2. The molecule has 0 saturated carbocycles. The van der Waals surface area contributed by atoms with Crippen molar-refractivity contribution in [3.8, 4) is 5.75 Å². The highest BCUT2D eigenvalue weighted by atomic mass is 16.5. The first kappa shape index (κ1) is 18.5. The summed E-state index contributed by atoms with van der Waals surface area (Å²) in [7, 11) is 0. The molecule has 6 nitrogen and oxygen atoms in total. The number of carbonyl (C=O) groups excluding carboxylic acids is 1. The van der Waals surface area contributed by atoms with E-state index in [4.69, 9.17) is 4.74 Å². The molecular weight excluding hydrogens is 352 g/mol. The van der Waals surface area contributed by atoms with E-state index in [1.807, 2.05) is 43.3 Å². The summed E-state index contributed by atoms with van der Waals surface area (Å²) >= 11 is 0. The van der Waals surface area contributed by atoms with Crippen LogP contribution in [-0.2, 0) is 17.9 Å². The third kappa shape index (κ3) is 3.87. The summed E-state index contributed by atoms with van der Waals surface area (Å²) in [4.78, 5) is 19.3. The maximum Gasteiger partial charge on any atom is 0.238 e. The van der Waals surface area contributed by atoms with Crippen molar-refractivity contribution in [3.05, 3.63) is 53.9 Å². The Morgan fingerprint density at radius 1 is 1.25 bits per heavy atom. The molecule has 1 N–H and O–H groups in total. The van der Waals surface area contributed by atoms with Crippen LogP contribution in [0.1, 0.15) is 24.7 Å². The van der Waals surface area contributed by atoms with Crippen LogP contribution in [0, 0.1) is 6.92 Å². The van der Waals surface area contributed by atoms with E-state index < -0.39 is 0 Å². The molecule has 0 aliphatic carbocycles. The van der Waals surface area contributed by atoms with E-state index in [9.17, 15) is 4.79 Å². The highest BCUT2D eigenvalue weighted by Crippen LogP contribution is 2.23. The number of ether oxygens (including phenoxy) is 1. The van der Waals surface area contributed by atoms with Crippen molar-refractivity contribution in [2.75, 3.05) is 25.0 Å². The normalized spacial score (nSPS) is 14.4. The summed E-state index contributed by atoms with van der Waals surface area (Å²) in [5.41, 5.74) is 3.93. The molecule has 0 atom stereocenters. The molecule has 6 heteroatoms. The molecule has 0 radical (unpaired) electrons. The molecular formula is C22H26N4O2. The Morgan fingerprint density at radius 3 is 2.96 bits per heavy atom. The van der Waals surface area contributed by atoms with Crippen molar-refractivity contribution in [2.45, 2.75) is 33.4 Å². The average molecular weight is 378 g/mol. The number of nitrogens with one attached hydrogen (secondary N) is 1. The molecule has 28 heavy (non-hydrogen) atoms. The zero-order chi connectivity index (χ0) is 19.5. The second-order valence-corrected chi connectivity index (χ2v) is 7.23. The Labute approximate surface area is 165 Å². The van der Waals surface area contributed by atoms with Gasteiger partial charge in [0.2, 0.25) is 5.91 Å². The van der Waals surface area contributed by atoms with Gasteiger partial charge in [0, 0.05) is 30.9 Å². The van der Waals surface area contributed by atoms with Crippen LogP contribution < -0.4 is 10.1 Å². The Bertz CT molecular complexity index is 995. The van der Waals surface area contributed by atoms with Gasteiger partial charge in [-0.25, -0.2) is 4.98 Å². The number of carbonyl (C=O) groups is 1. The molecule has 0 spiro atoms. The van der Waals surface area contributed by atoms with Gasteiger partial charge in [-0.1, -0.05) is 25.1 Å². The minimum Gasteiger partial charge on any atom is -0.492 e. The highest BCUT2D eigenvalue weighted by Gasteiger charge is 2.17. The molecule has 0 bridgehead atoms.